The Morgan fingerprint density at radius 1 is 1.08 bits per heavy atom. The highest BCUT2D eigenvalue weighted by Gasteiger charge is 2.19. The van der Waals surface area contributed by atoms with E-state index < -0.39 is 0 Å². The van der Waals surface area contributed by atoms with Gasteiger partial charge in [0.25, 0.3) is 5.91 Å². The van der Waals surface area contributed by atoms with Crippen molar-refractivity contribution >= 4 is 11.6 Å². The number of nitrogens with one attached hydrogen (secondary N) is 1. The SMILES string of the molecule is N#Cc1ccc(C(=O)NCCN2CCN(c3ccccc3F)CC2)cc1. The van der Waals surface area contributed by atoms with Crippen molar-refractivity contribution in [3.05, 3.63) is 65.5 Å². The normalized spacial score (nSPS) is 14.7. The molecule has 1 aliphatic heterocycles. The molecule has 2 aromatic carbocycles. The van der Waals surface area contributed by atoms with Gasteiger partial charge in [-0.3, -0.25) is 9.69 Å². The Kier molecular flexibility index (Phi) is 5.82. The third-order valence-corrected chi connectivity index (χ3v) is 4.56. The van der Waals surface area contributed by atoms with E-state index in [9.17, 15) is 9.18 Å². The van der Waals surface area contributed by atoms with E-state index in [0.29, 0.717) is 23.4 Å². The quantitative estimate of drug-likeness (QED) is 0.897. The van der Waals surface area contributed by atoms with Crippen molar-refractivity contribution in [3.63, 3.8) is 0 Å². The summed E-state index contributed by atoms with van der Waals surface area (Å²) in [6.07, 6.45) is 0. The molecular weight excluding hydrogens is 331 g/mol. The fourth-order valence-corrected chi connectivity index (χ4v) is 3.05. The fourth-order valence-electron chi connectivity index (χ4n) is 3.05. The zero-order chi connectivity index (χ0) is 18.4. The molecule has 0 saturated carbocycles. The van der Waals surface area contributed by atoms with E-state index >= 15 is 0 Å². The molecule has 26 heavy (non-hydrogen) atoms. The highest BCUT2D eigenvalue weighted by molar-refractivity contribution is 5.94. The lowest BCUT2D eigenvalue weighted by Gasteiger charge is -2.36. The molecule has 134 valence electrons. The summed E-state index contributed by atoms with van der Waals surface area (Å²) in [6.45, 7) is 4.52. The van der Waals surface area contributed by atoms with E-state index in [4.69, 9.17) is 5.26 Å². The van der Waals surface area contributed by atoms with E-state index in [2.05, 4.69) is 15.1 Å². The molecule has 0 aromatic heterocycles. The molecule has 1 saturated heterocycles. The minimum Gasteiger partial charge on any atom is -0.367 e. The lowest BCUT2D eigenvalue weighted by Crippen LogP contribution is -2.48. The summed E-state index contributed by atoms with van der Waals surface area (Å²) < 4.78 is 13.9. The molecule has 1 heterocycles. The van der Waals surface area contributed by atoms with Crippen molar-refractivity contribution in [2.24, 2.45) is 0 Å². The first-order valence-electron chi connectivity index (χ1n) is 8.67. The predicted molar refractivity (Wildman–Crippen MR) is 98.5 cm³/mol. The van der Waals surface area contributed by atoms with E-state index in [1.54, 1.807) is 30.3 Å². The summed E-state index contributed by atoms with van der Waals surface area (Å²) in [6, 6.07) is 15.5. The summed E-state index contributed by atoms with van der Waals surface area (Å²) in [5.41, 5.74) is 1.74. The highest BCUT2D eigenvalue weighted by atomic mass is 19.1. The van der Waals surface area contributed by atoms with Crippen LogP contribution in [0.4, 0.5) is 10.1 Å². The van der Waals surface area contributed by atoms with Crippen molar-refractivity contribution in [1.29, 1.82) is 5.26 Å². The zero-order valence-electron chi connectivity index (χ0n) is 14.5. The molecule has 0 radical (unpaired) electrons. The molecule has 0 aliphatic carbocycles. The van der Waals surface area contributed by atoms with Crippen molar-refractivity contribution < 1.29 is 9.18 Å². The van der Waals surface area contributed by atoms with Gasteiger partial charge in [0.2, 0.25) is 0 Å². The lowest BCUT2D eigenvalue weighted by atomic mass is 10.1. The molecule has 3 rings (SSSR count). The molecule has 1 fully saturated rings. The number of piperazine rings is 1. The summed E-state index contributed by atoms with van der Waals surface area (Å²) in [4.78, 5) is 16.4. The molecule has 0 spiro atoms. The van der Waals surface area contributed by atoms with Gasteiger partial charge in [-0.1, -0.05) is 12.1 Å². The van der Waals surface area contributed by atoms with E-state index in [-0.39, 0.29) is 11.7 Å². The first-order chi connectivity index (χ1) is 12.7. The average Bonchev–Trinajstić information content (AvgIpc) is 2.69. The van der Waals surface area contributed by atoms with Gasteiger partial charge in [-0.05, 0) is 36.4 Å². The number of benzene rings is 2. The van der Waals surface area contributed by atoms with Gasteiger partial charge >= 0.3 is 0 Å². The predicted octanol–water partition coefficient (Wildman–Crippen LogP) is 2.25. The van der Waals surface area contributed by atoms with Crippen molar-refractivity contribution in [2.75, 3.05) is 44.2 Å². The maximum absolute atomic E-state index is 13.9. The van der Waals surface area contributed by atoms with Gasteiger partial charge in [-0.2, -0.15) is 5.26 Å². The van der Waals surface area contributed by atoms with Crippen LogP contribution >= 0.6 is 0 Å². The molecule has 1 N–H and O–H groups in total. The summed E-state index contributed by atoms with van der Waals surface area (Å²) in [7, 11) is 0. The number of carbonyl (C=O) groups excluding carboxylic acids is 1. The van der Waals surface area contributed by atoms with Crippen molar-refractivity contribution in [2.45, 2.75) is 0 Å². The smallest absolute Gasteiger partial charge is 0.251 e. The summed E-state index contributed by atoms with van der Waals surface area (Å²) in [5.74, 6) is -0.324. The number of rotatable bonds is 5. The standard InChI is InChI=1S/C20H21FN4O/c21-18-3-1-2-4-19(18)25-13-11-24(12-14-25)10-9-23-20(26)17-7-5-16(15-22)6-8-17/h1-8H,9-14H2,(H,23,26). The van der Waals surface area contributed by atoms with Gasteiger partial charge < -0.3 is 10.2 Å². The number of amides is 1. The average molecular weight is 352 g/mol. The number of nitrogens with zero attached hydrogens (tertiary/aromatic N) is 3. The van der Waals surface area contributed by atoms with Crippen LogP contribution in [0, 0.1) is 17.1 Å². The first-order valence-corrected chi connectivity index (χ1v) is 8.67. The van der Waals surface area contributed by atoms with Crippen LogP contribution in [0.5, 0.6) is 0 Å². The topological polar surface area (TPSA) is 59.4 Å². The third-order valence-electron chi connectivity index (χ3n) is 4.56. The van der Waals surface area contributed by atoms with Gasteiger partial charge in [0.05, 0.1) is 17.3 Å². The highest BCUT2D eigenvalue weighted by Crippen LogP contribution is 2.19. The second-order valence-corrected chi connectivity index (χ2v) is 6.23. The van der Waals surface area contributed by atoms with Gasteiger partial charge in [-0.25, -0.2) is 4.39 Å². The molecular formula is C20H21FN4O. The number of hydrogen-bond donors (Lipinski definition) is 1. The molecule has 1 aliphatic rings. The minimum absolute atomic E-state index is 0.139. The van der Waals surface area contributed by atoms with Gasteiger partial charge in [0.15, 0.2) is 0 Å². The Labute approximate surface area is 152 Å². The van der Waals surface area contributed by atoms with Crippen LogP contribution in [-0.4, -0.2) is 50.1 Å². The second kappa shape index (κ2) is 8.45. The Hall–Kier alpha value is -2.91. The maximum atomic E-state index is 13.9. The Bertz CT molecular complexity index is 792. The maximum Gasteiger partial charge on any atom is 0.251 e. The minimum atomic E-state index is -0.185. The Morgan fingerprint density at radius 3 is 2.42 bits per heavy atom. The molecule has 2 aromatic rings. The first kappa shape index (κ1) is 17.9. The lowest BCUT2D eigenvalue weighted by molar-refractivity contribution is 0.0947. The zero-order valence-corrected chi connectivity index (χ0v) is 14.5. The second-order valence-electron chi connectivity index (χ2n) is 6.23. The Balaban J connectivity index is 1.42. The number of halogens is 1. The number of nitriles is 1. The van der Waals surface area contributed by atoms with Gasteiger partial charge in [0.1, 0.15) is 5.82 Å². The molecule has 0 bridgehead atoms. The fraction of sp³-hybridized carbons (Fsp3) is 0.300. The molecule has 5 nitrogen and oxygen atoms in total. The van der Waals surface area contributed by atoms with E-state index in [1.165, 1.54) is 6.07 Å². The third kappa shape index (κ3) is 4.38. The van der Waals surface area contributed by atoms with Crippen molar-refractivity contribution in [1.82, 2.24) is 10.2 Å². The summed E-state index contributed by atoms with van der Waals surface area (Å²) >= 11 is 0. The van der Waals surface area contributed by atoms with Crippen LogP contribution in [0.25, 0.3) is 0 Å². The number of para-hydroxylation sites is 1. The van der Waals surface area contributed by atoms with Crippen LogP contribution in [0.2, 0.25) is 0 Å². The largest absolute Gasteiger partial charge is 0.367 e. The molecule has 6 heteroatoms. The molecule has 0 atom stereocenters. The monoisotopic (exact) mass is 352 g/mol. The van der Waals surface area contributed by atoms with Crippen LogP contribution < -0.4 is 10.2 Å². The van der Waals surface area contributed by atoms with Crippen molar-refractivity contribution in [3.8, 4) is 6.07 Å². The van der Waals surface area contributed by atoms with Gasteiger partial charge in [0, 0.05) is 44.8 Å². The van der Waals surface area contributed by atoms with Crippen LogP contribution in [0.15, 0.2) is 48.5 Å². The van der Waals surface area contributed by atoms with Crippen LogP contribution in [0.1, 0.15) is 15.9 Å². The van der Waals surface area contributed by atoms with Gasteiger partial charge in [-0.15, -0.1) is 0 Å². The Morgan fingerprint density at radius 2 is 1.77 bits per heavy atom. The van der Waals surface area contributed by atoms with E-state index in [1.807, 2.05) is 18.2 Å². The molecule has 0 unspecified atom stereocenters. The molecule has 1 amide bonds. The number of anilines is 1. The van der Waals surface area contributed by atoms with Crippen LogP contribution in [0.3, 0.4) is 0 Å². The van der Waals surface area contributed by atoms with E-state index in [0.717, 1.165) is 32.7 Å². The van der Waals surface area contributed by atoms with Crippen LogP contribution in [-0.2, 0) is 0 Å². The number of carbonyl (C=O) groups is 1. The number of hydrogen-bond acceptors (Lipinski definition) is 4. The summed E-state index contributed by atoms with van der Waals surface area (Å²) in [5, 5.41) is 11.7.